The van der Waals surface area contributed by atoms with Gasteiger partial charge >= 0.3 is 0 Å². The molecule has 0 aromatic heterocycles. The Kier molecular flexibility index (Phi) is 5.21. The number of hydrogen-bond donors (Lipinski definition) is 1. The van der Waals surface area contributed by atoms with Crippen LogP contribution < -0.4 is 10.2 Å². The van der Waals surface area contributed by atoms with Gasteiger partial charge in [0, 0.05) is 37.0 Å². The topological polar surface area (TPSA) is 41.6 Å². The van der Waals surface area contributed by atoms with Gasteiger partial charge in [-0.15, -0.1) is 0 Å². The Labute approximate surface area is 136 Å². The third-order valence-electron chi connectivity index (χ3n) is 4.50. The fourth-order valence-electron chi connectivity index (χ4n) is 3.23. The lowest BCUT2D eigenvalue weighted by molar-refractivity contribution is -0.123. The van der Waals surface area contributed by atoms with Gasteiger partial charge in [-0.05, 0) is 49.4 Å². The van der Waals surface area contributed by atoms with Gasteiger partial charge in [-0.2, -0.15) is 0 Å². The first-order valence-electron chi connectivity index (χ1n) is 8.09. The minimum absolute atomic E-state index is 0.122. The number of amides is 1. The fraction of sp³-hybridized carbons (Fsp3) is 0.588. The third kappa shape index (κ3) is 4.14. The maximum atomic E-state index is 11.9. The Morgan fingerprint density at radius 3 is 2.86 bits per heavy atom. The van der Waals surface area contributed by atoms with Crippen LogP contribution in [-0.4, -0.2) is 38.3 Å². The number of carbonyl (C=O) groups is 1. The van der Waals surface area contributed by atoms with Crippen molar-refractivity contribution in [2.24, 2.45) is 5.92 Å². The van der Waals surface area contributed by atoms with E-state index in [2.05, 4.69) is 22.3 Å². The number of nitrogens with one attached hydrogen (secondary N) is 1. The van der Waals surface area contributed by atoms with Crippen LogP contribution in [0, 0.1) is 5.92 Å². The zero-order valence-electron chi connectivity index (χ0n) is 12.8. The number of carbonyl (C=O) groups excluding carboxylic acids is 1. The zero-order valence-corrected chi connectivity index (χ0v) is 13.5. The summed E-state index contributed by atoms with van der Waals surface area (Å²) in [5.74, 6) is 0.640. The minimum atomic E-state index is 0.122. The SMILES string of the molecule is O=C(C[C@@H]1CCCO1)NC[C@@H]1CCN(c2ccc(Cl)cc2)C1. The molecule has 0 spiro atoms. The van der Waals surface area contributed by atoms with Gasteiger partial charge in [-0.25, -0.2) is 0 Å². The van der Waals surface area contributed by atoms with Gasteiger partial charge < -0.3 is 15.0 Å². The Morgan fingerprint density at radius 1 is 1.32 bits per heavy atom. The van der Waals surface area contributed by atoms with Gasteiger partial charge in [-0.1, -0.05) is 11.6 Å². The average Bonchev–Trinajstić information content (AvgIpc) is 3.17. The van der Waals surface area contributed by atoms with Gasteiger partial charge in [0.15, 0.2) is 0 Å². The van der Waals surface area contributed by atoms with Crippen LogP contribution in [0.1, 0.15) is 25.7 Å². The molecule has 1 aromatic carbocycles. The predicted octanol–water partition coefficient (Wildman–Crippen LogP) is 2.85. The lowest BCUT2D eigenvalue weighted by atomic mass is 10.1. The molecule has 2 aliphatic rings. The second-order valence-electron chi connectivity index (χ2n) is 6.22. The summed E-state index contributed by atoms with van der Waals surface area (Å²) >= 11 is 5.93. The van der Waals surface area contributed by atoms with Gasteiger partial charge in [0.05, 0.1) is 12.5 Å². The van der Waals surface area contributed by atoms with E-state index in [4.69, 9.17) is 16.3 Å². The molecular formula is C17H23ClN2O2. The van der Waals surface area contributed by atoms with Crippen molar-refractivity contribution in [2.75, 3.05) is 31.1 Å². The zero-order chi connectivity index (χ0) is 15.4. The standard InChI is InChI=1S/C17H23ClN2O2/c18-14-3-5-15(6-4-14)20-8-7-13(12-20)11-19-17(21)10-16-2-1-9-22-16/h3-6,13,16H,1-2,7-12H2,(H,19,21)/t13-,16-/m0/s1. The summed E-state index contributed by atoms with van der Waals surface area (Å²) in [6.45, 7) is 3.59. The van der Waals surface area contributed by atoms with Crippen LogP contribution >= 0.6 is 11.6 Å². The number of anilines is 1. The van der Waals surface area contributed by atoms with E-state index in [1.54, 1.807) is 0 Å². The lowest BCUT2D eigenvalue weighted by Gasteiger charge is -2.19. The summed E-state index contributed by atoms with van der Waals surface area (Å²) in [4.78, 5) is 14.3. The molecule has 0 aliphatic carbocycles. The van der Waals surface area contributed by atoms with Crippen LogP contribution in [0.15, 0.2) is 24.3 Å². The van der Waals surface area contributed by atoms with Crippen LogP contribution in [0.3, 0.4) is 0 Å². The highest BCUT2D eigenvalue weighted by Crippen LogP contribution is 2.25. The summed E-state index contributed by atoms with van der Waals surface area (Å²) in [5, 5.41) is 3.83. The molecule has 5 heteroatoms. The van der Waals surface area contributed by atoms with Gasteiger partial charge in [0.2, 0.25) is 5.91 Å². The summed E-state index contributed by atoms with van der Waals surface area (Å²) < 4.78 is 5.50. The van der Waals surface area contributed by atoms with Crippen LogP contribution in [0.2, 0.25) is 5.02 Å². The van der Waals surface area contributed by atoms with E-state index in [1.807, 2.05) is 12.1 Å². The average molecular weight is 323 g/mol. The van der Waals surface area contributed by atoms with Crippen molar-refractivity contribution in [1.82, 2.24) is 5.32 Å². The first kappa shape index (κ1) is 15.6. The number of nitrogens with zero attached hydrogens (tertiary/aromatic N) is 1. The molecule has 2 saturated heterocycles. The molecular weight excluding hydrogens is 300 g/mol. The quantitative estimate of drug-likeness (QED) is 0.906. The fourth-order valence-corrected chi connectivity index (χ4v) is 3.35. The molecule has 2 aliphatic heterocycles. The second kappa shape index (κ2) is 7.34. The van der Waals surface area contributed by atoms with E-state index in [-0.39, 0.29) is 12.0 Å². The Bertz CT molecular complexity index is 500. The molecule has 2 fully saturated rings. The number of benzene rings is 1. The van der Waals surface area contributed by atoms with E-state index in [0.717, 1.165) is 50.5 Å². The Balaban J connectivity index is 1.41. The van der Waals surface area contributed by atoms with Crippen molar-refractivity contribution in [3.8, 4) is 0 Å². The number of halogens is 1. The van der Waals surface area contributed by atoms with Crippen molar-refractivity contribution in [3.63, 3.8) is 0 Å². The highest BCUT2D eigenvalue weighted by molar-refractivity contribution is 6.30. The molecule has 0 bridgehead atoms. The van der Waals surface area contributed by atoms with Gasteiger partial charge in [0.1, 0.15) is 0 Å². The Morgan fingerprint density at radius 2 is 2.14 bits per heavy atom. The summed E-state index contributed by atoms with van der Waals surface area (Å²) in [7, 11) is 0. The minimum Gasteiger partial charge on any atom is -0.378 e. The molecule has 1 N–H and O–H groups in total. The maximum Gasteiger partial charge on any atom is 0.222 e. The highest BCUT2D eigenvalue weighted by atomic mass is 35.5. The van der Waals surface area contributed by atoms with E-state index >= 15 is 0 Å². The molecule has 1 aromatic rings. The molecule has 1 amide bonds. The van der Waals surface area contributed by atoms with Crippen molar-refractivity contribution >= 4 is 23.2 Å². The lowest BCUT2D eigenvalue weighted by Crippen LogP contribution is -2.32. The molecule has 2 atom stereocenters. The van der Waals surface area contributed by atoms with E-state index < -0.39 is 0 Å². The van der Waals surface area contributed by atoms with Crippen molar-refractivity contribution in [3.05, 3.63) is 29.3 Å². The molecule has 0 unspecified atom stereocenters. The molecule has 2 heterocycles. The predicted molar refractivity (Wildman–Crippen MR) is 88.4 cm³/mol. The van der Waals surface area contributed by atoms with E-state index in [1.165, 1.54) is 5.69 Å². The highest BCUT2D eigenvalue weighted by Gasteiger charge is 2.24. The van der Waals surface area contributed by atoms with E-state index in [9.17, 15) is 4.79 Å². The smallest absolute Gasteiger partial charge is 0.222 e. The van der Waals surface area contributed by atoms with Crippen LogP contribution in [0.4, 0.5) is 5.69 Å². The molecule has 22 heavy (non-hydrogen) atoms. The number of ether oxygens (including phenoxy) is 1. The molecule has 0 radical (unpaired) electrons. The first-order valence-corrected chi connectivity index (χ1v) is 8.47. The molecule has 4 nitrogen and oxygen atoms in total. The second-order valence-corrected chi connectivity index (χ2v) is 6.66. The van der Waals surface area contributed by atoms with E-state index in [0.29, 0.717) is 12.3 Å². The number of hydrogen-bond acceptors (Lipinski definition) is 3. The largest absolute Gasteiger partial charge is 0.378 e. The molecule has 120 valence electrons. The first-order chi connectivity index (χ1) is 10.7. The molecule has 3 rings (SSSR count). The molecule has 0 saturated carbocycles. The van der Waals surface area contributed by atoms with Gasteiger partial charge in [0.25, 0.3) is 0 Å². The van der Waals surface area contributed by atoms with Crippen molar-refractivity contribution in [2.45, 2.75) is 31.8 Å². The van der Waals surface area contributed by atoms with Crippen molar-refractivity contribution < 1.29 is 9.53 Å². The van der Waals surface area contributed by atoms with Crippen LogP contribution in [0.5, 0.6) is 0 Å². The van der Waals surface area contributed by atoms with Crippen molar-refractivity contribution in [1.29, 1.82) is 0 Å². The summed E-state index contributed by atoms with van der Waals surface area (Å²) in [6, 6.07) is 7.96. The van der Waals surface area contributed by atoms with Crippen LogP contribution in [-0.2, 0) is 9.53 Å². The normalized spacial score (nSPS) is 24.7. The van der Waals surface area contributed by atoms with Crippen LogP contribution in [0.25, 0.3) is 0 Å². The summed E-state index contributed by atoms with van der Waals surface area (Å²) in [6.07, 6.45) is 3.85. The third-order valence-corrected chi connectivity index (χ3v) is 4.75. The Hall–Kier alpha value is -1.26. The summed E-state index contributed by atoms with van der Waals surface area (Å²) in [5.41, 5.74) is 1.21. The van der Waals surface area contributed by atoms with Gasteiger partial charge in [-0.3, -0.25) is 4.79 Å². The monoisotopic (exact) mass is 322 g/mol. The maximum absolute atomic E-state index is 11.9. The number of rotatable bonds is 5.